The Morgan fingerprint density at radius 2 is 2.32 bits per heavy atom. The number of hydrogen-bond acceptors (Lipinski definition) is 4. The van der Waals surface area contributed by atoms with Gasteiger partial charge in [0, 0.05) is 6.61 Å². The van der Waals surface area contributed by atoms with Gasteiger partial charge in [0.05, 0.1) is 18.7 Å². The Labute approximate surface area is 110 Å². The van der Waals surface area contributed by atoms with E-state index in [1.54, 1.807) is 22.9 Å². The fourth-order valence-electron chi connectivity index (χ4n) is 2.04. The van der Waals surface area contributed by atoms with Gasteiger partial charge in [-0.1, -0.05) is 11.3 Å². The molecule has 1 N–H and O–H groups in total. The van der Waals surface area contributed by atoms with Crippen molar-refractivity contribution in [2.45, 2.75) is 19.4 Å². The highest BCUT2D eigenvalue weighted by atomic mass is 16.5. The second kappa shape index (κ2) is 4.97. The Bertz CT molecular complexity index is 604. The predicted molar refractivity (Wildman–Crippen MR) is 68.0 cm³/mol. The average Bonchev–Trinajstić information content (AvgIpc) is 3.14. The van der Waals surface area contributed by atoms with Crippen LogP contribution in [0.4, 0.5) is 0 Å². The zero-order chi connectivity index (χ0) is 13.2. The van der Waals surface area contributed by atoms with Crippen molar-refractivity contribution < 1.29 is 14.6 Å². The van der Waals surface area contributed by atoms with Crippen LogP contribution in [0.25, 0.3) is 11.0 Å². The van der Waals surface area contributed by atoms with E-state index in [1.807, 2.05) is 0 Å². The van der Waals surface area contributed by atoms with Crippen molar-refractivity contribution in [3.05, 3.63) is 23.8 Å². The van der Waals surface area contributed by atoms with Crippen LogP contribution < -0.4 is 0 Å². The van der Waals surface area contributed by atoms with Crippen LogP contribution in [-0.2, 0) is 11.3 Å². The summed E-state index contributed by atoms with van der Waals surface area (Å²) in [6, 6.07) is 5.00. The van der Waals surface area contributed by atoms with Crippen LogP contribution in [0.15, 0.2) is 18.2 Å². The van der Waals surface area contributed by atoms with Crippen molar-refractivity contribution in [2.75, 3.05) is 13.2 Å². The van der Waals surface area contributed by atoms with Gasteiger partial charge in [0.25, 0.3) is 0 Å². The number of benzene rings is 1. The third-order valence-corrected chi connectivity index (χ3v) is 3.26. The van der Waals surface area contributed by atoms with Crippen molar-refractivity contribution in [3.63, 3.8) is 0 Å². The van der Waals surface area contributed by atoms with Gasteiger partial charge in [-0.15, -0.1) is 5.10 Å². The fraction of sp³-hybridized carbons (Fsp3) is 0.462. The van der Waals surface area contributed by atoms with Gasteiger partial charge in [0.2, 0.25) is 0 Å². The van der Waals surface area contributed by atoms with Crippen LogP contribution in [0.2, 0.25) is 0 Å². The third kappa shape index (κ3) is 2.58. The molecule has 0 radical (unpaired) electrons. The monoisotopic (exact) mass is 261 g/mol. The number of carbonyl (C=O) groups is 1. The number of fused-ring (bicyclic) bond motifs is 1. The van der Waals surface area contributed by atoms with Gasteiger partial charge in [-0.25, -0.2) is 9.48 Å². The van der Waals surface area contributed by atoms with Crippen LogP contribution in [0, 0.1) is 5.92 Å². The molecule has 0 saturated heterocycles. The molecule has 1 heterocycles. The first kappa shape index (κ1) is 12.1. The SMILES string of the molecule is O=C(O)c1cccc2nnn(CCOCC3CC3)c12. The van der Waals surface area contributed by atoms with Crippen LogP contribution in [-0.4, -0.2) is 39.3 Å². The number of hydrogen-bond donors (Lipinski definition) is 1. The second-order valence-electron chi connectivity index (χ2n) is 4.81. The summed E-state index contributed by atoms with van der Waals surface area (Å²) in [6.45, 7) is 1.84. The lowest BCUT2D eigenvalue weighted by Gasteiger charge is -2.05. The summed E-state index contributed by atoms with van der Waals surface area (Å²) in [4.78, 5) is 11.2. The normalized spacial score (nSPS) is 14.9. The van der Waals surface area contributed by atoms with Crippen molar-refractivity contribution in [2.24, 2.45) is 5.92 Å². The Morgan fingerprint density at radius 3 is 3.05 bits per heavy atom. The lowest BCUT2D eigenvalue weighted by atomic mass is 10.2. The van der Waals surface area contributed by atoms with E-state index in [0.29, 0.717) is 24.2 Å². The first-order chi connectivity index (χ1) is 9.25. The van der Waals surface area contributed by atoms with Crippen molar-refractivity contribution in [1.82, 2.24) is 15.0 Å². The molecule has 1 aromatic heterocycles. The average molecular weight is 261 g/mol. The molecule has 1 aliphatic carbocycles. The second-order valence-corrected chi connectivity index (χ2v) is 4.81. The molecule has 0 amide bonds. The summed E-state index contributed by atoms with van der Waals surface area (Å²) in [5.41, 5.74) is 1.39. The van der Waals surface area contributed by atoms with Crippen molar-refractivity contribution in [3.8, 4) is 0 Å². The van der Waals surface area contributed by atoms with Crippen LogP contribution in [0.1, 0.15) is 23.2 Å². The van der Waals surface area contributed by atoms with Gasteiger partial charge in [-0.3, -0.25) is 0 Å². The van der Waals surface area contributed by atoms with E-state index in [0.717, 1.165) is 12.5 Å². The van der Waals surface area contributed by atoms with E-state index in [1.165, 1.54) is 12.8 Å². The smallest absolute Gasteiger partial charge is 0.337 e. The number of aromatic carboxylic acids is 1. The van der Waals surface area contributed by atoms with E-state index in [9.17, 15) is 9.90 Å². The number of ether oxygens (including phenoxy) is 1. The molecule has 0 unspecified atom stereocenters. The lowest BCUT2D eigenvalue weighted by molar-refractivity contribution is 0.0698. The number of carboxylic acids is 1. The third-order valence-electron chi connectivity index (χ3n) is 3.26. The molecule has 1 aliphatic rings. The Kier molecular flexibility index (Phi) is 3.16. The molecule has 6 heteroatoms. The van der Waals surface area contributed by atoms with Crippen molar-refractivity contribution >= 4 is 17.0 Å². The maximum atomic E-state index is 11.2. The van der Waals surface area contributed by atoms with Crippen LogP contribution in [0.5, 0.6) is 0 Å². The molecule has 1 saturated carbocycles. The minimum absolute atomic E-state index is 0.227. The summed E-state index contributed by atoms with van der Waals surface area (Å²) in [5.74, 6) is -0.241. The van der Waals surface area contributed by atoms with Gasteiger partial charge in [0.1, 0.15) is 11.0 Å². The maximum Gasteiger partial charge on any atom is 0.337 e. The number of rotatable bonds is 6. The Balaban J connectivity index is 1.76. The Morgan fingerprint density at radius 1 is 1.47 bits per heavy atom. The molecular formula is C13H15N3O3. The molecule has 0 aliphatic heterocycles. The highest BCUT2D eigenvalue weighted by Gasteiger charge is 2.21. The largest absolute Gasteiger partial charge is 0.478 e. The fourth-order valence-corrected chi connectivity index (χ4v) is 2.04. The van der Waals surface area contributed by atoms with Gasteiger partial charge in [-0.2, -0.15) is 0 Å². The first-order valence-electron chi connectivity index (χ1n) is 6.39. The summed E-state index contributed by atoms with van der Waals surface area (Å²) >= 11 is 0. The molecule has 1 fully saturated rings. The molecule has 100 valence electrons. The number of carboxylic acid groups (broad SMARTS) is 1. The van der Waals surface area contributed by atoms with E-state index >= 15 is 0 Å². The molecule has 1 aromatic carbocycles. The van der Waals surface area contributed by atoms with Crippen molar-refractivity contribution in [1.29, 1.82) is 0 Å². The minimum atomic E-state index is -0.965. The zero-order valence-electron chi connectivity index (χ0n) is 10.5. The first-order valence-corrected chi connectivity index (χ1v) is 6.39. The van der Waals surface area contributed by atoms with Gasteiger partial charge in [0.15, 0.2) is 0 Å². The van der Waals surface area contributed by atoms with Crippen LogP contribution in [0.3, 0.4) is 0 Å². The minimum Gasteiger partial charge on any atom is -0.478 e. The van der Waals surface area contributed by atoms with Gasteiger partial charge in [-0.05, 0) is 30.9 Å². The zero-order valence-corrected chi connectivity index (χ0v) is 10.5. The quantitative estimate of drug-likeness (QED) is 0.798. The molecule has 0 spiro atoms. The van der Waals surface area contributed by atoms with Gasteiger partial charge < -0.3 is 9.84 Å². The molecule has 3 rings (SSSR count). The molecule has 0 atom stereocenters. The van der Waals surface area contributed by atoms with Crippen LogP contribution >= 0.6 is 0 Å². The number of nitrogens with zero attached hydrogens (tertiary/aromatic N) is 3. The molecule has 19 heavy (non-hydrogen) atoms. The van der Waals surface area contributed by atoms with E-state index in [4.69, 9.17) is 4.74 Å². The predicted octanol–water partition coefficient (Wildman–Crippen LogP) is 1.56. The summed E-state index contributed by atoms with van der Waals surface area (Å²) in [6.07, 6.45) is 2.52. The summed E-state index contributed by atoms with van der Waals surface area (Å²) < 4.78 is 7.15. The van der Waals surface area contributed by atoms with E-state index < -0.39 is 5.97 Å². The summed E-state index contributed by atoms with van der Waals surface area (Å²) in [7, 11) is 0. The topological polar surface area (TPSA) is 77.2 Å². The molecular weight excluding hydrogens is 246 g/mol. The highest BCUT2D eigenvalue weighted by Crippen LogP contribution is 2.28. The molecule has 6 nitrogen and oxygen atoms in total. The Hall–Kier alpha value is -1.95. The molecule has 2 aromatic rings. The molecule has 0 bridgehead atoms. The standard InChI is InChI=1S/C13H15N3O3/c17-13(18)10-2-1-3-11-12(10)16(15-14-11)6-7-19-8-9-4-5-9/h1-3,9H,4-8H2,(H,17,18). The highest BCUT2D eigenvalue weighted by molar-refractivity contribution is 6.00. The maximum absolute atomic E-state index is 11.2. The van der Waals surface area contributed by atoms with E-state index in [-0.39, 0.29) is 5.56 Å². The van der Waals surface area contributed by atoms with E-state index in [2.05, 4.69) is 10.3 Å². The van der Waals surface area contributed by atoms with Gasteiger partial charge >= 0.3 is 5.97 Å². The number of para-hydroxylation sites is 1. The lowest BCUT2D eigenvalue weighted by Crippen LogP contribution is -2.10. The summed E-state index contributed by atoms with van der Waals surface area (Å²) in [5, 5.41) is 17.2. The number of aromatic nitrogens is 3.